The summed E-state index contributed by atoms with van der Waals surface area (Å²) in [6, 6.07) is 9.19. The number of benzene rings is 1. The lowest BCUT2D eigenvalue weighted by Gasteiger charge is -2.27. The Labute approximate surface area is 190 Å². The van der Waals surface area contributed by atoms with Gasteiger partial charge in [-0.15, -0.1) is 0 Å². The minimum absolute atomic E-state index is 0.166. The van der Waals surface area contributed by atoms with Gasteiger partial charge in [-0.25, -0.2) is 14.8 Å². The number of nitrogens with zero attached hydrogens (tertiary/aromatic N) is 5. The van der Waals surface area contributed by atoms with Crippen molar-refractivity contribution in [3.05, 3.63) is 70.9 Å². The Hall–Kier alpha value is -3.92. The molecule has 3 aromatic rings. The number of aromatic nitrogens is 3. The van der Waals surface area contributed by atoms with Crippen molar-refractivity contribution in [3.8, 4) is 0 Å². The molecule has 1 amide bonds. The molecule has 1 saturated heterocycles. The molecular weight excluding hydrogens is 425 g/mol. The van der Waals surface area contributed by atoms with E-state index in [9.17, 15) is 9.18 Å². The maximum Gasteiger partial charge on any atom is 0.257 e. The van der Waals surface area contributed by atoms with Crippen molar-refractivity contribution >= 4 is 29.6 Å². The van der Waals surface area contributed by atoms with Crippen LogP contribution in [0.1, 0.15) is 27.2 Å². The van der Waals surface area contributed by atoms with E-state index in [0.29, 0.717) is 37.6 Å². The normalized spacial score (nSPS) is 13.8. The molecule has 3 heterocycles. The highest BCUT2D eigenvalue weighted by Crippen LogP contribution is 2.20. The first-order valence-electron chi connectivity index (χ1n) is 10.5. The van der Waals surface area contributed by atoms with Crippen molar-refractivity contribution in [2.24, 2.45) is 5.10 Å². The monoisotopic (exact) mass is 449 g/mol. The number of nitrogens with one attached hydrogen (secondary N) is 2. The lowest BCUT2D eigenvalue weighted by atomic mass is 10.1. The van der Waals surface area contributed by atoms with Crippen molar-refractivity contribution in [1.82, 2.24) is 15.0 Å². The van der Waals surface area contributed by atoms with Gasteiger partial charge in [0, 0.05) is 25.0 Å². The molecule has 10 heteroatoms. The Morgan fingerprint density at radius 2 is 1.88 bits per heavy atom. The van der Waals surface area contributed by atoms with Gasteiger partial charge >= 0.3 is 0 Å². The highest BCUT2D eigenvalue weighted by atomic mass is 19.1. The van der Waals surface area contributed by atoms with E-state index in [1.54, 1.807) is 17.0 Å². The van der Waals surface area contributed by atoms with Crippen molar-refractivity contribution in [1.29, 1.82) is 0 Å². The van der Waals surface area contributed by atoms with Crippen molar-refractivity contribution in [3.63, 3.8) is 0 Å². The average molecular weight is 449 g/mol. The number of para-hydroxylation sites is 1. The summed E-state index contributed by atoms with van der Waals surface area (Å²) in [5.41, 5.74) is 6.43. The first kappa shape index (κ1) is 22.3. The van der Waals surface area contributed by atoms with Crippen LogP contribution < -0.4 is 15.6 Å². The van der Waals surface area contributed by atoms with Gasteiger partial charge in [0.15, 0.2) is 11.6 Å². The Morgan fingerprint density at radius 1 is 1.12 bits per heavy atom. The summed E-state index contributed by atoms with van der Waals surface area (Å²) in [7, 11) is 0. The molecule has 2 aromatic heterocycles. The number of carbonyl (C=O) groups excluding carboxylic acids is 1. The number of hydrazone groups is 1. The van der Waals surface area contributed by atoms with Crippen LogP contribution in [-0.4, -0.2) is 53.4 Å². The molecule has 170 valence electrons. The van der Waals surface area contributed by atoms with Gasteiger partial charge in [0.25, 0.3) is 5.91 Å². The maximum atomic E-state index is 14.1. The number of halogens is 1. The molecule has 0 spiro atoms. The summed E-state index contributed by atoms with van der Waals surface area (Å²) < 4.78 is 19.4. The number of amides is 1. The largest absolute Gasteiger partial charge is 0.378 e. The zero-order chi connectivity index (χ0) is 23.2. The van der Waals surface area contributed by atoms with E-state index in [4.69, 9.17) is 4.74 Å². The van der Waals surface area contributed by atoms with E-state index in [2.05, 4.69) is 30.8 Å². The third-order valence-corrected chi connectivity index (χ3v) is 5.17. The molecule has 4 rings (SSSR count). The zero-order valence-electron chi connectivity index (χ0n) is 18.4. The van der Waals surface area contributed by atoms with Gasteiger partial charge in [0.05, 0.1) is 36.9 Å². The number of hydrogen-bond donors (Lipinski definition) is 2. The quantitative estimate of drug-likeness (QED) is 0.440. The number of aryl methyl sites for hydroxylation is 2. The SMILES string of the molecule is Cc1cccc(C)c1NC(=O)c1ccc(/C=N/Nc2ncc(F)c(N3CCOCC3)n2)nc1. The van der Waals surface area contributed by atoms with Gasteiger partial charge in [0.1, 0.15) is 0 Å². The Morgan fingerprint density at radius 3 is 2.58 bits per heavy atom. The van der Waals surface area contributed by atoms with Gasteiger partial charge in [0.2, 0.25) is 5.95 Å². The molecule has 0 saturated carbocycles. The van der Waals surface area contributed by atoms with Gasteiger partial charge < -0.3 is 15.0 Å². The van der Waals surface area contributed by atoms with E-state index in [1.807, 2.05) is 32.0 Å². The second kappa shape index (κ2) is 10.1. The lowest BCUT2D eigenvalue weighted by molar-refractivity contribution is 0.102. The average Bonchev–Trinajstić information content (AvgIpc) is 2.83. The molecule has 0 aliphatic carbocycles. The summed E-state index contributed by atoms with van der Waals surface area (Å²) >= 11 is 0. The number of morpholine rings is 1. The Kier molecular flexibility index (Phi) is 6.84. The van der Waals surface area contributed by atoms with Crippen molar-refractivity contribution in [2.45, 2.75) is 13.8 Å². The maximum absolute atomic E-state index is 14.1. The van der Waals surface area contributed by atoms with Crippen LogP contribution in [0.25, 0.3) is 0 Å². The summed E-state index contributed by atoms with van der Waals surface area (Å²) in [5, 5.41) is 7.00. The van der Waals surface area contributed by atoms with Crippen LogP contribution in [0.5, 0.6) is 0 Å². The molecule has 9 nitrogen and oxygen atoms in total. The predicted octanol–water partition coefficient (Wildman–Crippen LogP) is 3.16. The second-order valence-corrected chi connectivity index (χ2v) is 7.53. The topological polar surface area (TPSA) is 105 Å². The Bertz CT molecular complexity index is 1140. The molecule has 1 aromatic carbocycles. The lowest BCUT2D eigenvalue weighted by Crippen LogP contribution is -2.37. The minimum atomic E-state index is -0.497. The Balaban J connectivity index is 1.38. The molecular formula is C23H24FN7O2. The molecule has 1 aliphatic rings. The van der Waals surface area contributed by atoms with E-state index in [1.165, 1.54) is 12.4 Å². The zero-order valence-corrected chi connectivity index (χ0v) is 18.4. The van der Waals surface area contributed by atoms with Crippen LogP contribution in [0.2, 0.25) is 0 Å². The van der Waals surface area contributed by atoms with Crippen LogP contribution >= 0.6 is 0 Å². The molecule has 2 N–H and O–H groups in total. The molecule has 1 fully saturated rings. The molecule has 33 heavy (non-hydrogen) atoms. The highest BCUT2D eigenvalue weighted by Gasteiger charge is 2.17. The first-order chi connectivity index (χ1) is 16.0. The van der Waals surface area contributed by atoms with Crippen molar-refractivity contribution in [2.75, 3.05) is 41.9 Å². The van der Waals surface area contributed by atoms with E-state index in [0.717, 1.165) is 23.0 Å². The van der Waals surface area contributed by atoms with E-state index >= 15 is 0 Å². The fourth-order valence-corrected chi connectivity index (χ4v) is 3.38. The van der Waals surface area contributed by atoms with Crippen LogP contribution in [0, 0.1) is 19.7 Å². The summed E-state index contributed by atoms with van der Waals surface area (Å²) in [5.74, 6) is -0.359. The standard InChI is InChI=1S/C23H24FN7O2/c1-15-4-3-5-16(2)20(15)28-22(32)17-6-7-18(25-12-17)13-27-30-23-26-14-19(24)21(29-23)31-8-10-33-11-9-31/h3-7,12-14H,8-11H2,1-2H3,(H,28,32)(H,26,29,30)/b27-13+. The number of hydrogen-bond acceptors (Lipinski definition) is 8. The molecule has 0 atom stereocenters. The molecule has 0 unspecified atom stereocenters. The second-order valence-electron chi connectivity index (χ2n) is 7.53. The number of pyridine rings is 1. The van der Waals surface area contributed by atoms with Crippen LogP contribution in [0.3, 0.4) is 0 Å². The van der Waals surface area contributed by atoms with Crippen molar-refractivity contribution < 1.29 is 13.9 Å². The van der Waals surface area contributed by atoms with E-state index < -0.39 is 5.82 Å². The third kappa shape index (κ3) is 5.47. The molecule has 1 aliphatic heterocycles. The third-order valence-electron chi connectivity index (χ3n) is 5.17. The van der Waals surface area contributed by atoms with Crippen LogP contribution in [0.15, 0.2) is 47.8 Å². The van der Waals surface area contributed by atoms with Crippen LogP contribution in [-0.2, 0) is 4.74 Å². The summed E-state index contributed by atoms with van der Waals surface area (Å²) in [6.07, 6.45) is 4.06. The van der Waals surface area contributed by atoms with Gasteiger partial charge in [-0.05, 0) is 37.1 Å². The van der Waals surface area contributed by atoms with E-state index in [-0.39, 0.29) is 17.7 Å². The smallest absolute Gasteiger partial charge is 0.257 e. The predicted molar refractivity (Wildman–Crippen MR) is 124 cm³/mol. The van der Waals surface area contributed by atoms with Gasteiger partial charge in [-0.1, -0.05) is 18.2 Å². The number of anilines is 3. The fourth-order valence-electron chi connectivity index (χ4n) is 3.38. The highest BCUT2D eigenvalue weighted by molar-refractivity contribution is 6.05. The molecule has 0 bridgehead atoms. The number of ether oxygens (including phenoxy) is 1. The summed E-state index contributed by atoms with van der Waals surface area (Å²) in [6.45, 7) is 6.06. The van der Waals surface area contributed by atoms with Gasteiger partial charge in [-0.2, -0.15) is 10.1 Å². The van der Waals surface area contributed by atoms with Gasteiger partial charge in [-0.3, -0.25) is 9.78 Å². The minimum Gasteiger partial charge on any atom is -0.378 e. The number of carbonyl (C=O) groups is 1. The fraction of sp³-hybridized carbons (Fsp3) is 0.261. The molecule has 0 radical (unpaired) electrons. The summed E-state index contributed by atoms with van der Waals surface area (Å²) in [4.78, 5) is 26.7. The number of rotatable bonds is 6. The first-order valence-corrected chi connectivity index (χ1v) is 10.5. The van der Waals surface area contributed by atoms with Crippen LogP contribution in [0.4, 0.5) is 21.8 Å².